The first kappa shape index (κ1) is 28.1. The number of aliphatic hydroxyl groups is 1. The Balaban J connectivity index is 1.47. The van der Waals surface area contributed by atoms with E-state index in [0.717, 1.165) is 33.0 Å². The molecule has 2 heterocycles. The second-order valence-corrected chi connectivity index (χ2v) is 11.6. The third-order valence-electron chi connectivity index (χ3n) is 8.39. The maximum atomic E-state index is 13.9. The minimum Gasteiger partial charge on any atom is -0.396 e. The van der Waals surface area contributed by atoms with Gasteiger partial charge in [-0.3, -0.25) is 14.4 Å². The van der Waals surface area contributed by atoms with E-state index in [2.05, 4.69) is 10.3 Å². The molecule has 4 aromatic carbocycles. The fraction of sp³-hybridized carbons (Fsp3) is 0.206. The van der Waals surface area contributed by atoms with E-state index in [9.17, 15) is 23.9 Å². The van der Waals surface area contributed by atoms with Crippen LogP contribution in [0.5, 0.6) is 0 Å². The molecule has 1 aliphatic rings. The molecule has 0 saturated heterocycles. The van der Waals surface area contributed by atoms with Crippen LogP contribution in [0, 0.1) is 18.2 Å². The van der Waals surface area contributed by atoms with Gasteiger partial charge in [0.25, 0.3) is 11.8 Å². The van der Waals surface area contributed by atoms with E-state index >= 15 is 0 Å². The summed E-state index contributed by atoms with van der Waals surface area (Å²) >= 11 is 0. The summed E-state index contributed by atoms with van der Waals surface area (Å²) in [6.07, 6.45) is 0.323. The summed E-state index contributed by atoms with van der Waals surface area (Å²) in [5, 5.41) is 13.9. The Bertz CT molecular complexity index is 1980. The number of fused-ring (bicyclic) bond motifs is 4. The molecule has 0 radical (unpaired) electrons. The molecule has 0 bridgehead atoms. The van der Waals surface area contributed by atoms with Crippen LogP contribution in [-0.4, -0.2) is 34.4 Å². The molecule has 0 spiro atoms. The Morgan fingerprint density at radius 1 is 1.05 bits per heavy atom. The number of H-pyrrole nitrogens is 1. The number of amides is 3. The molecule has 1 aliphatic heterocycles. The fourth-order valence-electron chi connectivity index (χ4n) is 5.89. The molecule has 0 fully saturated rings. The van der Waals surface area contributed by atoms with Gasteiger partial charge in [0.05, 0.1) is 17.6 Å². The topological polar surface area (TPSA) is 129 Å². The van der Waals surface area contributed by atoms with Crippen molar-refractivity contribution in [1.82, 2.24) is 4.98 Å². The Morgan fingerprint density at radius 2 is 1.84 bits per heavy atom. The number of nitrogens with two attached hydrogens (primary N) is 1. The Labute approximate surface area is 247 Å². The van der Waals surface area contributed by atoms with Crippen molar-refractivity contribution in [3.8, 4) is 11.1 Å². The molecule has 9 heteroatoms. The van der Waals surface area contributed by atoms with E-state index in [1.807, 2.05) is 37.3 Å². The fourth-order valence-corrected chi connectivity index (χ4v) is 5.89. The highest BCUT2D eigenvalue weighted by Gasteiger charge is 2.31. The predicted molar refractivity (Wildman–Crippen MR) is 166 cm³/mol. The van der Waals surface area contributed by atoms with Crippen LogP contribution in [0.25, 0.3) is 32.9 Å². The zero-order valence-electron chi connectivity index (χ0n) is 24.0. The molecular weight excluding hydrogens is 547 g/mol. The number of halogens is 1. The third-order valence-corrected chi connectivity index (χ3v) is 8.39. The first-order valence-electron chi connectivity index (χ1n) is 14.0. The second-order valence-electron chi connectivity index (χ2n) is 11.6. The molecule has 6 rings (SSSR count). The minimum absolute atomic E-state index is 0.0990. The van der Waals surface area contributed by atoms with Crippen LogP contribution >= 0.6 is 0 Å². The zero-order valence-corrected chi connectivity index (χ0v) is 24.0. The van der Waals surface area contributed by atoms with Crippen molar-refractivity contribution in [3.63, 3.8) is 0 Å². The lowest BCUT2D eigenvalue weighted by Gasteiger charge is -2.22. The molecule has 0 saturated carbocycles. The van der Waals surface area contributed by atoms with Crippen LogP contribution in [-0.2, 0) is 11.3 Å². The van der Waals surface area contributed by atoms with Crippen molar-refractivity contribution in [2.24, 2.45) is 11.1 Å². The zero-order chi connectivity index (χ0) is 30.6. The standard InChI is InChI=1S/C34H31FN4O4/c1-18-22(5-4-6-28(18)39-17-19-7-8-20(35)15-26(19)32(39)42)23-11-12-25(31(36)41)30-29(23)24-10-9-21(16-27(24)38-30)37-33(43)34(2,3)13-14-40/h4-12,15-16,38,40H,13-14,17H2,1-3H3,(H2,36,41)(H,37,43). The SMILES string of the molecule is Cc1c(-c2ccc(C(N)=O)c3[nH]c4cc(NC(=O)C(C)(C)CCO)ccc4c23)cccc1N1Cc2ccc(F)cc2C1=O. The number of primary amides is 1. The minimum atomic E-state index is -0.759. The van der Waals surface area contributed by atoms with E-state index < -0.39 is 17.1 Å². The second kappa shape index (κ2) is 10.4. The van der Waals surface area contributed by atoms with Gasteiger partial charge in [-0.25, -0.2) is 4.39 Å². The van der Waals surface area contributed by atoms with Crippen LogP contribution in [0.1, 0.15) is 52.1 Å². The van der Waals surface area contributed by atoms with Crippen molar-refractivity contribution >= 4 is 50.9 Å². The van der Waals surface area contributed by atoms with Gasteiger partial charge < -0.3 is 26.0 Å². The van der Waals surface area contributed by atoms with E-state index in [1.165, 1.54) is 12.1 Å². The van der Waals surface area contributed by atoms with Crippen molar-refractivity contribution in [2.45, 2.75) is 33.7 Å². The number of nitrogens with zero attached hydrogens (tertiary/aromatic N) is 1. The molecule has 1 aromatic heterocycles. The number of benzene rings is 4. The number of hydrogen-bond acceptors (Lipinski definition) is 4. The normalized spacial score (nSPS) is 13.1. The average Bonchev–Trinajstić information content (AvgIpc) is 3.50. The van der Waals surface area contributed by atoms with Gasteiger partial charge in [0.1, 0.15) is 5.82 Å². The maximum absolute atomic E-state index is 13.9. The van der Waals surface area contributed by atoms with Crippen molar-refractivity contribution in [3.05, 3.63) is 94.8 Å². The first-order valence-corrected chi connectivity index (χ1v) is 14.0. The Hall–Kier alpha value is -5.02. The molecule has 218 valence electrons. The number of rotatable bonds is 7. The molecule has 8 nitrogen and oxygen atoms in total. The molecule has 0 aliphatic carbocycles. The number of aromatic nitrogens is 1. The lowest BCUT2D eigenvalue weighted by Crippen LogP contribution is -2.31. The van der Waals surface area contributed by atoms with Crippen LogP contribution in [0.4, 0.5) is 15.8 Å². The monoisotopic (exact) mass is 578 g/mol. The number of hydrogen-bond donors (Lipinski definition) is 4. The summed E-state index contributed by atoms with van der Waals surface area (Å²) < 4.78 is 13.9. The molecule has 0 unspecified atom stereocenters. The van der Waals surface area contributed by atoms with Gasteiger partial charge in [-0.05, 0) is 72.0 Å². The summed E-state index contributed by atoms with van der Waals surface area (Å²) in [6.45, 7) is 5.72. The number of aliphatic hydroxyl groups excluding tert-OH is 1. The smallest absolute Gasteiger partial charge is 0.259 e. The number of carbonyl (C=O) groups is 3. The summed E-state index contributed by atoms with van der Waals surface area (Å²) in [5.41, 5.74) is 11.5. The van der Waals surface area contributed by atoms with Crippen LogP contribution < -0.4 is 16.0 Å². The van der Waals surface area contributed by atoms with Gasteiger partial charge >= 0.3 is 0 Å². The average molecular weight is 579 g/mol. The van der Waals surface area contributed by atoms with Crippen molar-refractivity contribution in [1.29, 1.82) is 0 Å². The van der Waals surface area contributed by atoms with E-state index in [0.29, 0.717) is 46.5 Å². The molecular formula is C34H31FN4O4. The van der Waals surface area contributed by atoms with Gasteiger partial charge in [0.2, 0.25) is 5.91 Å². The predicted octanol–water partition coefficient (Wildman–Crippen LogP) is 6.04. The lowest BCUT2D eigenvalue weighted by molar-refractivity contribution is -0.124. The summed E-state index contributed by atoms with van der Waals surface area (Å²) in [5.74, 6) is -1.51. The largest absolute Gasteiger partial charge is 0.396 e. The highest BCUT2D eigenvalue weighted by atomic mass is 19.1. The number of carbonyl (C=O) groups excluding carboxylic acids is 3. The molecule has 5 aromatic rings. The lowest BCUT2D eigenvalue weighted by atomic mass is 9.88. The number of anilines is 2. The van der Waals surface area contributed by atoms with Crippen LogP contribution in [0.3, 0.4) is 0 Å². The highest BCUT2D eigenvalue weighted by molar-refractivity contribution is 6.21. The number of aromatic amines is 1. The summed E-state index contributed by atoms with van der Waals surface area (Å²) in [7, 11) is 0. The van der Waals surface area contributed by atoms with Gasteiger partial charge in [0, 0.05) is 45.2 Å². The van der Waals surface area contributed by atoms with E-state index in [1.54, 1.807) is 43.0 Å². The molecule has 43 heavy (non-hydrogen) atoms. The van der Waals surface area contributed by atoms with Gasteiger partial charge in [-0.15, -0.1) is 0 Å². The van der Waals surface area contributed by atoms with Crippen LogP contribution in [0.2, 0.25) is 0 Å². The van der Waals surface area contributed by atoms with Gasteiger partial charge in [-0.2, -0.15) is 0 Å². The molecule has 3 amide bonds. The summed E-state index contributed by atoms with van der Waals surface area (Å²) in [4.78, 5) is 43.6. The van der Waals surface area contributed by atoms with Gasteiger partial charge in [0.15, 0.2) is 0 Å². The van der Waals surface area contributed by atoms with Crippen molar-refractivity contribution < 1.29 is 23.9 Å². The van der Waals surface area contributed by atoms with Gasteiger partial charge in [-0.1, -0.05) is 44.2 Å². The number of nitrogens with one attached hydrogen (secondary N) is 2. The molecule has 0 atom stereocenters. The van der Waals surface area contributed by atoms with Crippen LogP contribution in [0.15, 0.2) is 66.7 Å². The van der Waals surface area contributed by atoms with E-state index in [-0.39, 0.29) is 18.4 Å². The summed E-state index contributed by atoms with van der Waals surface area (Å²) in [6, 6.07) is 19.0. The molecule has 5 N–H and O–H groups in total. The quantitative estimate of drug-likeness (QED) is 0.188. The van der Waals surface area contributed by atoms with E-state index in [4.69, 9.17) is 5.73 Å². The Morgan fingerprint density at radius 3 is 2.58 bits per heavy atom. The third kappa shape index (κ3) is 4.71. The highest BCUT2D eigenvalue weighted by Crippen LogP contribution is 2.41. The maximum Gasteiger partial charge on any atom is 0.259 e. The Kier molecular flexibility index (Phi) is 6.77. The first-order chi connectivity index (χ1) is 20.5. The van der Waals surface area contributed by atoms with Crippen molar-refractivity contribution in [2.75, 3.05) is 16.8 Å².